The van der Waals surface area contributed by atoms with Crippen LogP contribution in [0.1, 0.15) is 130 Å². The van der Waals surface area contributed by atoms with Gasteiger partial charge in [0.15, 0.2) is 0 Å². The average Bonchev–Trinajstić information content (AvgIpc) is 2.58. The molecule has 3 heteroatoms. The fourth-order valence-corrected chi connectivity index (χ4v) is 4.00. The standard InChI is InChI=1S/C23H48N2O/c1-5-7-8-9-10-11-12-13-14-15-16-17-18-20-22(3,4)23(25,19-6-2)21(24)26/h5-20,25H2,1-4H3,(H2,24,26). The third kappa shape index (κ3) is 9.94. The maximum absolute atomic E-state index is 11.9. The summed E-state index contributed by atoms with van der Waals surface area (Å²) in [5, 5.41) is 0. The monoisotopic (exact) mass is 368 g/mol. The van der Waals surface area contributed by atoms with Crippen LogP contribution < -0.4 is 11.5 Å². The van der Waals surface area contributed by atoms with E-state index in [-0.39, 0.29) is 11.3 Å². The SMILES string of the molecule is CCCCCCCCCCCCCCCC(C)(C)C(N)(CCC)C(N)=O. The van der Waals surface area contributed by atoms with Crippen LogP contribution in [0.3, 0.4) is 0 Å². The molecule has 0 radical (unpaired) electrons. The van der Waals surface area contributed by atoms with Gasteiger partial charge in [0.05, 0.1) is 0 Å². The van der Waals surface area contributed by atoms with Gasteiger partial charge in [-0.25, -0.2) is 0 Å². The molecule has 0 saturated carbocycles. The van der Waals surface area contributed by atoms with Crippen molar-refractivity contribution in [1.29, 1.82) is 0 Å². The van der Waals surface area contributed by atoms with Crippen LogP contribution in [0.15, 0.2) is 0 Å². The van der Waals surface area contributed by atoms with Crippen molar-refractivity contribution in [2.45, 2.75) is 136 Å². The van der Waals surface area contributed by atoms with Gasteiger partial charge >= 0.3 is 0 Å². The van der Waals surface area contributed by atoms with Crippen LogP contribution in [0, 0.1) is 5.41 Å². The molecule has 0 fully saturated rings. The number of hydrogen-bond donors (Lipinski definition) is 2. The molecule has 0 rings (SSSR count). The number of carbonyl (C=O) groups is 1. The lowest BCUT2D eigenvalue weighted by Gasteiger charge is -2.42. The number of nitrogens with two attached hydrogens (primary N) is 2. The van der Waals surface area contributed by atoms with E-state index in [2.05, 4.69) is 27.7 Å². The normalized spacial score (nSPS) is 14.3. The van der Waals surface area contributed by atoms with Crippen LogP contribution in [0.4, 0.5) is 0 Å². The first kappa shape index (κ1) is 25.4. The van der Waals surface area contributed by atoms with E-state index in [4.69, 9.17) is 11.5 Å². The molecular formula is C23H48N2O. The van der Waals surface area contributed by atoms with Crippen molar-refractivity contribution in [3.63, 3.8) is 0 Å². The Morgan fingerprint density at radius 3 is 1.38 bits per heavy atom. The third-order valence-corrected chi connectivity index (χ3v) is 6.20. The predicted octanol–water partition coefficient (Wildman–Crippen LogP) is 6.48. The molecule has 26 heavy (non-hydrogen) atoms. The zero-order valence-corrected chi connectivity index (χ0v) is 18.4. The lowest BCUT2D eigenvalue weighted by atomic mass is 9.67. The topological polar surface area (TPSA) is 69.1 Å². The van der Waals surface area contributed by atoms with Crippen LogP contribution in [0.2, 0.25) is 0 Å². The molecule has 0 aliphatic rings. The van der Waals surface area contributed by atoms with Crippen molar-refractivity contribution in [2.24, 2.45) is 16.9 Å². The Morgan fingerprint density at radius 1 is 0.654 bits per heavy atom. The molecule has 0 aliphatic carbocycles. The Balaban J connectivity index is 3.72. The number of amides is 1. The van der Waals surface area contributed by atoms with Crippen LogP contribution >= 0.6 is 0 Å². The highest BCUT2D eigenvalue weighted by Gasteiger charge is 2.45. The van der Waals surface area contributed by atoms with Crippen molar-refractivity contribution in [3.8, 4) is 0 Å². The highest BCUT2D eigenvalue weighted by atomic mass is 16.1. The van der Waals surface area contributed by atoms with Crippen molar-refractivity contribution < 1.29 is 4.79 Å². The van der Waals surface area contributed by atoms with E-state index in [0.717, 1.165) is 19.3 Å². The first-order valence-electron chi connectivity index (χ1n) is 11.4. The molecule has 0 aromatic carbocycles. The molecule has 1 atom stereocenters. The maximum atomic E-state index is 11.9. The molecule has 1 unspecified atom stereocenters. The smallest absolute Gasteiger partial charge is 0.238 e. The lowest BCUT2D eigenvalue weighted by molar-refractivity contribution is -0.128. The Hall–Kier alpha value is -0.570. The van der Waals surface area contributed by atoms with Gasteiger partial charge in [-0.2, -0.15) is 0 Å². The molecule has 0 aliphatic heterocycles. The second-order valence-electron chi connectivity index (χ2n) is 8.96. The van der Waals surface area contributed by atoms with Gasteiger partial charge in [-0.1, -0.05) is 118 Å². The third-order valence-electron chi connectivity index (χ3n) is 6.20. The molecule has 1 amide bonds. The molecule has 0 aromatic rings. The molecule has 156 valence electrons. The van der Waals surface area contributed by atoms with E-state index < -0.39 is 5.54 Å². The summed E-state index contributed by atoms with van der Waals surface area (Å²) in [5.41, 5.74) is 10.9. The van der Waals surface area contributed by atoms with Crippen molar-refractivity contribution in [2.75, 3.05) is 0 Å². The number of hydrogen-bond acceptors (Lipinski definition) is 2. The average molecular weight is 369 g/mol. The van der Waals surface area contributed by atoms with Gasteiger partial charge in [-0.15, -0.1) is 0 Å². The van der Waals surface area contributed by atoms with Gasteiger partial charge in [-0.05, 0) is 18.3 Å². The first-order chi connectivity index (χ1) is 12.3. The van der Waals surface area contributed by atoms with E-state index in [9.17, 15) is 4.79 Å². The molecule has 0 heterocycles. The van der Waals surface area contributed by atoms with E-state index in [1.54, 1.807) is 0 Å². The van der Waals surface area contributed by atoms with E-state index in [1.807, 2.05) is 0 Å². The molecule has 0 aromatic heterocycles. The molecule has 4 N–H and O–H groups in total. The Labute approximate surface area is 164 Å². The maximum Gasteiger partial charge on any atom is 0.238 e. The Bertz CT molecular complexity index is 354. The minimum atomic E-state index is -0.876. The summed E-state index contributed by atoms with van der Waals surface area (Å²) in [6, 6.07) is 0. The van der Waals surface area contributed by atoms with Gasteiger partial charge in [0.25, 0.3) is 0 Å². The Morgan fingerprint density at radius 2 is 1.04 bits per heavy atom. The first-order valence-corrected chi connectivity index (χ1v) is 11.4. The minimum Gasteiger partial charge on any atom is -0.368 e. The van der Waals surface area contributed by atoms with Crippen LogP contribution in [0.5, 0.6) is 0 Å². The van der Waals surface area contributed by atoms with E-state index in [0.29, 0.717) is 6.42 Å². The molecule has 0 spiro atoms. The zero-order chi connectivity index (χ0) is 19.9. The number of primary amides is 1. The lowest BCUT2D eigenvalue weighted by Crippen LogP contribution is -2.61. The van der Waals surface area contributed by atoms with E-state index >= 15 is 0 Å². The molecule has 0 bridgehead atoms. The summed E-state index contributed by atoms with van der Waals surface area (Å²) in [6.45, 7) is 8.55. The number of carbonyl (C=O) groups excluding carboxylic acids is 1. The van der Waals surface area contributed by atoms with Crippen LogP contribution in [-0.2, 0) is 4.79 Å². The zero-order valence-electron chi connectivity index (χ0n) is 18.4. The summed E-state index contributed by atoms with van der Waals surface area (Å²) < 4.78 is 0. The molecule has 0 saturated heterocycles. The van der Waals surface area contributed by atoms with Crippen molar-refractivity contribution >= 4 is 5.91 Å². The predicted molar refractivity (Wildman–Crippen MR) is 115 cm³/mol. The number of unbranched alkanes of at least 4 members (excludes halogenated alkanes) is 12. The molecular weight excluding hydrogens is 320 g/mol. The molecule has 3 nitrogen and oxygen atoms in total. The quantitative estimate of drug-likeness (QED) is 0.272. The second kappa shape index (κ2) is 14.5. The largest absolute Gasteiger partial charge is 0.368 e. The van der Waals surface area contributed by atoms with Gasteiger partial charge in [0.2, 0.25) is 5.91 Å². The summed E-state index contributed by atoms with van der Waals surface area (Å²) in [7, 11) is 0. The Kier molecular flexibility index (Phi) is 14.2. The van der Waals surface area contributed by atoms with Crippen molar-refractivity contribution in [3.05, 3.63) is 0 Å². The summed E-state index contributed by atoms with van der Waals surface area (Å²) >= 11 is 0. The minimum absolute atomic E-state index is 0.230. The van der Waals surface area contributed by atoms with Gasteiger partial charge in [0.1, 0.15) is 5.54 Å². The summed E-state index contributed by atoms with van der Waals surface area (Å²) in [6.07, 6.45) is 20.2. The van der Waals surface area contributed by atoms with Gasteiger partial charge in [-0.3, -0.25) is 4.79 Å². The van der Waals surface area contributed by atoms with Gasteiger partial charge in [0, 0.05) is 0 Å². The highest BCUT2D eigenvalue weighted by Crippen LogP contribution is 2.37. The fourth-order valence-electron chi connectivity index (χ4n) is 4.00. The fraction of sp³-hybridized carbons (Fsp3) is 0.957. The van der Waals surface area contributed by atoms with Crippen molar-refractivity contribution in [1.82, 2.24) is 0 Å². The summed E-state index contributed by atoms with van der Waals surface area (Å²) in [4.78, 5) is 11.9. The van der Waals surface area contributed by atoms with E-state index in [1.165, 1.54) is 77.0 Å². The highest BCUT2D eigenvalue weighted by molar-refractivity contribution is 5.85. The van der Waals surface area contributed by atoms with Crippen LogP contribution in [-0.4, -0.2) is 11.4 Å². The second-order valence-corrected chi connectivity index (χ2v) is 8.96. The summed E-state index contributed by atoms with van der Waals surface area (Å²) in [5.74, 6) is -0.348. The van der Waals surface area contributed by atoms with Crippen LogP contribution in [0.25, 0.3) is 0 Å². The number of rotatable bonds is 18. The van der Waals surface area contributed by atoms with Gasteiger partial charge < -0.3 is 11.5 Å².